The van der Waals surface area contributed by atoms with Crippen molar-refractivity contribution in [3.63, 3.8) is 0 Å². The fourth-order valence-electron chi connectivity index (χ4n) is 2.88. The van der Waals surface area contributed by atoms with Gasteiger partial charge in [-0.3, -0.25) is 0 Å². The molecule has 92 valence electrons. The van der Waals surface area contributed by atoms with E-state index in [1.54, 1.807) is 0 Å². The molecular formula is C14H20N2O. The summed E-state index contributed by atoms with van der Waals surface area (Å²) in [6, 6.07) is 4.10. The van der Waals surface area contributed by atoms with Crippen LogP contribution in [0, 0.1) is 11.8 Å². The summed E-state index contributed by atoms with van der Waals surface area (Å²) in [6.07, 6.45) is 3.46. The maximum Gasteiger partial charge on any atom is 0.128 e. The molecule has 0 aromatic carbocycles. The molecule has 1 aliphatic carbocycles. The summed E-state index contributed by atoms with van der Waals surface area (Å²) in [5.41, 5.74) is 2.06. The third-order valence-corrected chi connectivity index (χ3v) is 4.01. The molecule has 1 aliphatic heterocycles. The third-order valence-electron chi connectivity index (χ3n) is 4.01. The van der Waals surface area contributed by atoms with Gasteiger partial charge in [-0.1, -0.05) is 19.4 Å². The predicted molar refractivity (Wildman–Crippen MR) is 68.0 cm³/mol. The molecule has 2 heterocycles. The van der Waals surface area contributed by atoms with Gasteiger partial charge in [0.2, 0.25) is 0 Å². The Hall–Kier alpha value is -1.09. The number of fused-ring (bicyclic) bond motifs is 1. The van der Waals surface area contributed by atoms with Crippen LogP contribution in [-0.2, 0) is 13.0 Å². The molecule has 1 saturated heterocycles. The van der Waals surface area contributed by atoms with Crippen molar-refractivity contribution in [1.29, 1.82) is 0 Å². The van der Waals surface area contributed by atoms with Gasteiger partial charge in [-0.25, -0.2) is 4.98 Å². The minimum Gasteiger partial charge on any atom is -0.392 e. The van der Waals surface area contributed by atoms with Crippen molar-refractivity contribution in [3.05, 3.63) is 23.4 Å². The first-order chi connectivity index (χ1) is 8.31. The Kier molecular flexibility index (Phi) is 2.79. The van der Waals surface area contributed by atoms with Crippen LogP contribution in [0.3, 0.4) is 0 Å². The topological polar surface area (TPSA) is 36.4 Å². The van der Waals surface area contributed by atoms with Crippen LogP contribution in [0.2, 0.25) is 0 Å². The van der Waals surface area contributed by atoms with E-state index in [1.165, 1.54) is 19.5 Å². The molecule has 0 amide bonds. The smallest absolute Gasteiger partial charge is 0.128 e. The Balaban J connectivity index is 1.82. The maximum atomic E-state index is 9.30. The number of aliphatic hydroxyl groups excluding tert-OH is 1. The summed E-state index contributed by atoms with van der Waals surface area (Å²) >= 11 is 0. The van der Waals surface area contributed by atoms with E-state index in [1.807, 2.05) is 6.07 Å². The van der Waals surface area contributed by atoms with Crippen molar-refractivity contribution in [2.75, 3.05) is 18.0 Å². The van der Waals surface area contributed by atoms with Crippen LogP contribution in [0.5, 0.6) is 0 Å². The largest absolute Gasteiger partial charge is 0.392 e. The van der Waals surface area contributed by atoms with Crippen LogP contribution in [0.15, 0.2) is 12.1 Å². The lowest BCUT2D eigenvalue weighted by Crippen LogP contribution is -2.23. The third kappa shape index (κ3) is 2.04. The number of aliphatic hydroxyl groups is 1. The quantitative estimate of drug-likeness (QED) is 0.862. The summed E-state index contributed by atoms with van der Waals surface area (Å²) in [7, 11) is 0. The highest BCUT2D eigenvalue weighted by atomic mass is 16.3. The molecule has 1 saturated carbocycles. The Bertz CT molecular complexity index is 409. The van der Waals surface area contributed by atoms with Crippen LogP contribution >= 0.6 is 0 Å². The normalized spacial score (nSPS) is 26.1. The van der Waals surface area contributed by atoms with Gasteiger partial charge in [0.1, 0.15) is 5.82 Å². The average Bonchev–Trinajstić information content (AvgIpc) is 2.96. The number of piperidine rings is 1. The first-order valence-electron chi connectivity index (χ1n) is 6.66. The first-order valence-corrected chi connectivity index (χ1v) is 6.66. The average molecular weight is 232 g/mol. The van der Waals surface area contributed by atoms with E-state index in [0.29, 0.717) is 0 Å². The van der Waals surface area contributed by atoms with Crippen LogP contribution < -0.4 is 4.90 Å². The van der Waals surface area contributed by atoms with Crippen molar-refractivity contribution in [1.82, 2.24) is 4.98 Å². The van der Waals surface area contributed by atoms with E-state index in [4.69, 9.17) is 4.98 Å². The zero-order valence-electron chi connectivity index (χ0n) is 10.4. The van der Waals surface area contributed by atoms with E-state index >= 15 is 0 Å². The Morgan fingerprint density at radius 2 is 2.12 bits per heavy atom. The number of hydrogen-bond donors (Lipinski definition) is 1. The fraction of sp³-hybridized carbons (Fsp3) is 0.643. The van der Waals surface area contributed by atoms with Crippen LogP contribution in [0.1, 0.15) is 31.0 Å². The highest BCUT2D eigenvalue weighted by molar-refractivity contribution is 5.44. The van der Waals surface area contributed by atoms with Crippen molar-refractivity contribution >= 4 is 5.82 Å². The second-order valence-corrected chi connectivity index (χ2v) is 5.34. The summed E-state index contributed by atoms with van der Waals surface area (Å²) in [6.45, 7) is 4.62. The van der Waals surface area contributed by atoms with Crippen molar-refractivity contribution < 1.29 is 5.11 Å². The lowest BCUT2D eigenvalue weighted by atomic mass is 10.1. The van der Waals surface area contributed by atoms with Gasteiger partial charge in [0.25, 0.3) is 0 Å². The van der Waals surface area contributed by atoms with E-state index in [-0.39, 0.29) is 6.61 Å². The summed E-state index contributed by atoms with van der Waals surface area (Å²) in [5, 5.41) is 9.30. The van der Waals surface area contributed by atoms with Crippen LogP contribution in [-0.4, -0.2) is 23.2 Å². The first kappa shape index (κ1) is 11.0. The lowest BCUT2D eigenvalue weighted by molar-refractivity contribution is 0.280. The van der Waals surface area contributed by atoms with Crippen LogP contribution in [0.4, 0.5) is 5.82 Å². The second-order valence-electron chi connectivity index (χ2n) is 5.34. The molecule has 1 N–H and O–H groups in total. The van der Waals surface area contributed by atoms with Gasteiger partial charge in [0.05, 0.1) is 6.61 Å². The molecule has 0 radical (unpaired) electrons. The molecule has 3 nitrogen and oxygen atoms in total. The Morgan fingerprint density at radius 3 is 2.76 bits per heavy atom. The molecule has 2 unspecified atom stereocenters. The van der Waals surface area contributed by atoms with E-state index in [9.17, 15) is 5.11 Å². The summed E-state index contributed by atoms with van der Waals surface area (Å²) in [4.78, 5) is 7.14. The van der Waals surface area contributed by atoms with Gasteiger partial charge in [-0.05, 0) is 36.3 Å². The number of aryl methyl sites for hydroxylation is 1. The van der Waals surface area contributed by atoms with Crippen molar-refractivity contribution in [2.45, 2.75) is 32.8 Å². The molecule has 0 spiro atoms. The molecule has 1 aromatic rings. The molecule has 3 heteroatoms. The number of anilines is 1. The number of rotatable bonds is 4. The standard InChI is InChI=1S/C14H20N2O/c1-2-3-13-10(9-17)4-5-14(15-13)16-7-11-6-12(11)8-16/h4-5,11-12,17H,2-3,6-9H2,1H3. The van der Waals surface area contributed by atoms with Gasteiger partial charge < -0.3 is 10.0 Å². The minimum atomic E-state index is 0.105. The molecule has 2 aliphatic rings. The summed E-state index contributed by atoms with van der Waals surface area (Å²) < 4.78 is 0. The highest BCUT2D eigenvalue weighted by Crippen LogP contribution is 2.45. The highest BCUT2D eigenvalue weighted by Gasteiger charge is 2.45. The van der Waals surface area contributed by atoms with E-state index in [0.717, 1.165) is 41.8 Å². The molecule has 17 heavy (non-hydrogen) atoms. The Morgan fingerprint density at radius 1 is 1.35 bits per heavy atom. The fourth-order valence-corrected chi connectivity index (χ4v) is 2.88. The van der Waals surface area contributed by atoms with Gasteiger partial charge in [-0.2, -0.15) is 0 Å². The molecule has 2 fully saturated rings. The minimum absolute atomic E-state index is 0.105. The van der Waals surface area contributed by atoms with E-state index in [2.05, 4.69) is 17.9 Å². The van der Waals surface area contributed by atoms with E-state index < -0.39 is 0 Å². The molecule has 3 rings (SSSR count). The van der Waals surface area contributed by atoms with Crippen molar-refractivity contribution in [3.8, 4) is 0 Å². The second kappa shape index (κ2) is 4.30. The van der Waals surface area contributed by atoms with Gasteiger partial charge >= 0.3 is 0 Å². The monoisotopic (exact) mass is 232 g/mol. The maximum absolute atomic E-state index is 9.30. The zero-order chi connectivity index (χ0) is 11.8. The SMILES string of the molecule is CCCc1nc(N2CC3CC3C2)ccc1CO. The zero-order valence-corrected chi connectivity index (χ0v) is 10.4. The van der Waals surface area contributed by atoms with Gasteiger partial charge in [0.15, 0.2) is 0 Å². The summed E-state index contributed by atoms with van der Waals surface area (Å²) in [5.74, 6) is 2.98. The molecule has 0 bridgehead atoms. The number of aromatic nitrogens is 1. The van der Waals surface area contributed by atoms with Gasteiger partial charge in [0, 0.05) is 18.8 Å². The number of nitrogens with zero attached hydrogens (tertiary/aromatic N) is 2. The number of hydrogen-bond acceptors (Lipinski definition) is 3. The predicted octanol–water partition coefficient (Wildman–Crippen LogP) is 1.98. The number of pyridine rings is 1. The molecule has 1 aromatic heterocycles. The lowest BCUT2D eigenvalue weighted by Gasteiger charge is -2.20. The van der Waals surface area contributed by atoms with Crippen molar-refractivity contribution in [2.24, 2.45) is 11.8 Å². The Labute approximate surface area is 102 Å². The van der Waals surface area contributed by atoms with Gasteiger partial charge in [-0.15, -0.1) is 0 Å². The molecular weight excluding hydrogens is 212 g/mol. The van der Waals surface area contributed by atoms with Crippen LogP contribution in [0.25, 0.3) is 0 Å². The molecule has 2 atom stereocenters.